The van der Waals surface area contributed by atoms with Crippen LogP contribution in [0.5, 0.6) is 0 Å². The quantitative estimate of drug-likeness (QED) is 0.373. The minimum Gasteiger partial charge on any atom is -0.392 e. The van der Waals surface area contributed by atoms with Gasteiger partial charge in [0.25, 0.3) is 0 Å². The third-order valence-corrected chi connectivity index (χ3v) is 6.63. The number of hydrogen-bond acceptors (Lipinski definition) is 7. The fraction of sp³-hybridized carbons (Fsp3) is 0.318. The van der Waals surface area contributed by atoms with Crippen molar-refractivity contribution in [2.75, 3.05) is 13.1 Å². The summed E-state index contributed by atoms with van der Waals surface area (Å²) in [6, 6.07) is 4.82. The zero-order chi connectivity index (χ0) is 23.0. The van der Waals surface area contributed by atoms with E-state index >= 15 is 4.39 Å². The maximum absolute atomic E-state index is 15.2. The van der Waals surface area contributed by atoms with Gasteiger partial charge in [0.1, 0.15) is 22.9 Å². The van der Waals surface area contributed by atoms with Crippen molar-refractivity contribution in [1.29, 1.82) is 5.26 Å². The van der Waals surface area contributed by atoms with Crippen LogP contribution in [-0.4, -0.2) is 47.9 Å². The van der Waals surface area contributed by atoms with E-state index in [1.54, 1.807) is 17.1 Å². The highest BCUT2D eigenvalue weighted by molar-refractivity contribution is 6.30. The second-order valence-electron chi connectivity index (χ2n) is 8.06. The van der Waals surface area contributed by atoms with Gasteiger partial charge in [0, 0.05) is 35.5 Å². The first kappa shape index (κ1) is 21.5. The van der Waals surface area contributed by atoms with Gasteiger partial charge >= 0.3 is 0 Å². The number of halogens is 2. The van der Waals surface area contributed by atoms with Crippen molar-refractivity contribution in [3.05, 3.63) is 59.3 Å². The molecule has 5 heterocycles. The minimum atomic E-state index is -0.851. The predicted octanol–water partition coefficient (Wildman–Crippen LogP) is 2.89. The Labute approximate surface area is 193 Å². The maximum atomic E-state index is 15.2. The number of nitrogens with zero attached hydrogens (tertiary/aromatic N) is 6. The first-order chi connectivity index (χ1) is 16.1. The van der Waals surface area contributed by atoms with Gasteiger partial charge in [-0.25, -0.2) is 19.3 Å². The molecule has 1 saturated heterocycles. The van der Waals surface area contributed by atoms with E-state index in [0.29, 0.717) is 30.9 Å². The molecular formula is C22H20ClFN8O. The number of aromatic amines is 1. The van der Waals surface area contributed by atoms with Gasteiger partial charge in [-0.2, -0.15) is 10.4 Å². The van der Waals surface area contributed by atoms with Crippen LogP contribution < -0.4 is 5.32 Å². The highest BCUT2D eigenvalue weighted by atomic mass is 35.5. The monoisotopic (exact) mass is 466 g/mol. The second-order valence-corrected chi connectivity index (χ2v) is 8.42. The molecule has 2 atom stereocenters. The number of aromatic nitrogens is 6. The lowest BCUT2D eigenvalue weighted by atomic mass is 9.74. The third-order valence-electron chi connectivity index (χ3n) is 6.30. The summed E-state index contributed by atoms with van der Waals surface area (Å²) < 4.78 is 16.9. The van der Waals surface area contributed by atoms with Gasteiger partial charge in [-0.1, -0.05) is 11.6 Å². The average molecular weight is 467 g/mol. The Bertz CT molecular complexity index is 1350. The summed E-state index contributed by atoms with van der Waals surface area (Å²) in [5.74, 6) is -0.563. The van der Waals surface area contributed by atoms with Crippen molar-refractivity contribution in [2.45, 2.75) is 30.9 Å². The highest BCUT2D eigenvalue weighted by Crippen LogP contribution is 2.44. The average Bonchev–Trinajstić information content (AvgIpc) is 3.59. The molecule has 1 aliphatic heterocycles. The third kappa shape index (κ3) is 3.54. The molecule has 168 valence electrons. The van der Waals surface area contributed by atoms with E-state index in [1.165, 1.54) is 12.4 Å². The van der Waals surface area contributed by atoms with Crippen molar-refractivity contribution in [1.82, 2.24) is 35.0 Å². The van der Waals surface area contributed by atoms with Crippen LogP contribution in [0.1, 0.15) is 30.1 Å². The minimum absolute atomic E-state index is 0.0490. The molecule has 0 saturated carbocycles. The Kier molecular flexibility index (Phi) is 5.54. The number of rotatable bonds is 6. The van der Waals surface area contributed by atoms with Crippen LogP contribution in [0.25, 0.3) is 22.3 Å². The van der Waals surface area contributed by atoms with E-state index in [4.69, 9.17) is 11.6 Å². The number of aliphatic hydroxyl groups excluding tert-OH is 1. The van der Waals surface area contributed by atoms with E-state index in [9.17, 15) is 10.4 Å². The van der Waals surface area contributed by atoms with E-state index < -0.39 is 23.9 Å². The van der Waals surface area contributed by atoms with Crippen molar-refractivity contribution in [3.8, 4) is 17.3 Å². The van der Waals surface area contributed by atoms with E-state index in [2.05, 4.69) is 36.4 Å². The molecule has 5 rings (SSSR count). The van der Waals surface area contributed by atoms with Crippen LogP contribution in [0, 0.1) is 17.1 Å². The number of nitriles is 1. The van der Waals surface area contributed by atoms with Gasteiger partial charge in [0.15, 0.2) is 0 Å². The SMILES string of the molecule is N#CC[C@H](n1cc(-c2ncnc3[nH]ccc23)cn1)[C@]1(c2nc(Cl)c(CO)cc2F)CCNC1. The zero-order valence-electron chi connectivity index (χ0n) is 17.5. The van der Waals surface area contributed by atoms with Gasteiger partial charge in [0.2, 0.25) is 0 Å². The molecule has 9 nitrogen and oxygen atoms in total. The lowest BCUT2D eigenvalue weighted by molar-refractivity contribution is 0.255. The molecule has 3 N–H and O–H groups in total. The molecule has 0 radical (unpaired) electrons. The molecule has 11 heteroatoms. The van der Waals surface area contributed by atoms with Gasteiger partial charge in [-0.15, -0.1) is 0 Å². The lowest BCUT2D eigenvalue weighted by Gasteiger charge is -2.36. The van der Waals surface area contributed by atoms with Crippen LogP contribution in [0.2, 0.25) is 5.15 Å². The number of H-pyrrole nitrogens is 1. The largest absolute Gasteiger partial charge is 0.392 e. The molecule has 0 bridgehead atoms. The molecule has 33 heavy (non-hydrogen) atoms. The lowest BCUT2D eigenvalue weighted by Crippen LogP contribution is -2.41. The molecule has 1 aliphatic rings. The maximum Gasteiger partial charge on any atom is 0.145 e. The topological polar surface area (TPSA) is 128 Å². The molecule has 0 unspecified atom stereocenters. The number of hydrogen-bond donors (Lipinski definition) is 3. The van der Waals surface area contributed by atoms with Gasteiger partial charge in [0.05, 0.1) is 48.1 Å². The summed E-state index contributed by atoms with van der Waals surface area (Å²) >= 11 is 6.24. The summed E-state index contributed by atoms with van der Waals surface area (Å²) in [7, 11) is 0. The molecule has 0 aliphatic carbocycles. The summed E-state index contributed by atoms with van der Waals surface area (Å²) in [6.45, 7) is 0.625. The van der Waals surface area contributed by atoms with Gasteiger partial charge in [-0.05, 0) is 25.1 Å². The first-order valence-electron chi connectivity index (χ1n) is 10.4. The van der Waals surface area contributed by atoms with Crippen LogP contribution in [0.3, 0.4) is 0 Å². The van der Waals surface area contributed by atoms with Gasteiger partial charge < -0.3 is 15.4 Å². The van der Waals surface area contributed by atoms with Crippen molar-refractivity contribution in [2.24, 2.45) is 0 Å². The molecule has 0 spiro atoms. The van der Waals surface area contributed by atoms with Crippen molar-refractivity contribution < 1.29 is 9.50 Å². The Morgan fingerprint density at radius 3 is 3.03 bits per heavy atom. The molecule has 4 aromatic heterocycles. The smallest absolute Gasteiger partial charge is 0.145 e. The predicted molar refractivity (Wildman–Crippen MR) is 119 cm³/mol. The zero-order valence-corrected chi connectivity index (χ0v) is 18.2. The van der Waals surface area contributed by atoms with Crippen LogP contribution in [-0.2, 0) is 12.0 Å². The van der Waals surface area contributed by atoms with Crippen molar-refractivity contribution in [3.63, 3.8) is 0 Å². The highest BCUT2D eigenvalue weighted by Gasteiger charge is 2.47. The molecule has 0 aromatic carbocycles. The molecule has 4 aromatic rings. The number of nitrogens with one attached hydrogen (secondary N) is 2. The number of aliphatic hydroxyl groups is 1. The van der Waals surface area contributed by atoms with Gasteiger partial charge in [-0.3, -0.25) is 4.68 Å². The fourth-order valence-electron chi connectivity index (χ4n) is 4.68. The van der Waals surface area contributed by atoms with Crippen LogP contribution >= 0.6 is 11.6 Å². The number of fused-ring (bicyclic) bond motifs is 1. The van der Waals surface area contributed by atoms with E-state index in [0.717, 1.165) is 10.9 Å². The first-order valence-corrected chi connectivity index (χ1v) is 10.8. The Balaban J connectivity index is 1.62. The molecule has 1 fully saturated rings. The Morgan fingerprint density at radius 1 is 1.39 bits per heavy atom. The van der Waals surface area contributed by atoms with E-state index in [1.807, 2.05) is 12.3 Å². The second kappa shape index (κ2) is 8.51. The van der Waals surface area contributed by atoms with Crippen molar-refractivity contribution >= 4 is 22.6 Å². The van der Waals surface area contributed by atoms with Crippen LogP contribution in [0.15, 0.2) is 37.1 Å². The summed E-state index contributed by atoms with van der Waals surface area (Å²) in [5.41, 5.74) is 1.71. The summed E-state index contributed by atoms with van der Waals surface area (Å²) in [4.78, 5) is 16.0. The van der Waals surface area contributed by atoms with E-state index in [-0.39, 0.29) is 22.8 Å². The summed E-state index contributed by atoms with van der Waals surface area (Å²) in [5, 5.41) is 27.8. The standard InChI is InChI=1S/C22H20ClFN8O/c23-20-13(10-33)7-16(24)19(31-20)22(3-6-26-11-22)17(1-4-25)32-9-14(8-30-32)18-15-2-5-27-21(15)29-12-28-18/h2,5,7-9,12,17,26,33H,1,3,6,10-11H2,(H,27,28,29)/t17-,22-/m0/s1. The number of pyridine rings is 1. The normalized spacial score (nSPS) is 19.1. The van der Waals surface area contributed by atoms with Crippen LogP contribution in [0.4, 0.5) is 4.39 Å². The molecule has 0 amide bonds. The Morgan fingerprint density at radius 2 is 2.27 bits per heavy atom. The molecular weight excluding hydrogens is 447 g/mol. The fourth-order valence-corrected chi connectivity index (χ4v) is 4.88. The Hall–Kier alpha value is -3.39. The summed E-state index contributed by atoms with van der Waals surface area (Å²) in [6.07, 6.45) is 7.40.